The Morgan fingerprint density at radius 1 is 1.19 bits per heavy atom. The molecule has 0 aromatic carbocycles. The molecule has 1 aliphatic heterocycles. The van der Waals surface area contributed by atoms with Crippen molar-refractivity contribution in [3.63, 3.8) is 0 Å². The molecule has 0 radical (unpaired) electrons. The molecule has 0 aromatic heterocycles. The normalized spacial score (nSPS) is 39.4. The van der Waals surface area contributed by atoms with E-state index in [1.807, 2.05) is 7.11 Å². The van der Waals surface area contributed by atoms with Gasteiger partial charge in [0.05, 0.1) is 12.2 Å². The summed E-state index contributed by atoms with van der Waals surface area (Å²) >= 11 is 0. The second-order valence-corrected chi connectivity index (χ2v) is 8.50. The van der Waals surface area contributed by atoms with E-state index < -0.39 is 0 Å². The summed E-state index contributed by atoms with van der Waals surface area (Å²) in [5, 5.41) is 10.4. The first-order valence-electron chi connectivity index (χ1n) is 8.74. The van der Waals surface area contributed by atoms with Gasteiger partial charge >= 0.3 is 0 Å². The molecule has 0 aromatic rings. The van der Waals surface area contributed by atoms with Gasteiger partial charge in [-0.2, -0.15) is 0 Å². The fourth-order valence-electron chi connectivity index (χ4n) is 4.13. The quantitative estimate of drug-likeness (QED) is 0.868. The molecule has 0 bridgehead atoms. The van der Waals surface area contributed by atoms with E-state index in [4.69, 9.17) is 4.74 Å². The smallest absolute Gasteiger partial charge is 0.0724 e. The Kier molecular flexibility index (Phi) is 5.72. The molecule has 1 aliphatic carbocycles. The largest absolute Gasteiger partial charge is 0.393 e. The average Bonchev–Trinajstić information content (AvgIpc) is 2.42. The van der Waals surface area contributed by atoms with Crippen molar-refractivity contribution in [2.75, 3.05) is 26.7 Å². The van der Waals surface area contributed by atoms with Gasteiger partial charge in [0, 0.05) is 20.2 Å². The van der Waals surface area contributed by atoms with Crippen molar-refractivity contribution in [1.29, 1.82) is 0 Å². The Morgan fingerprint density at radius 2 is 1.90 bits per heavy atom. The number of aliphatic hydroxyl groups excluding tert-OH is 1. The maximum absolute atomic E-state index is 10.4. The maximum atomic E-state index is 10.4. The van der Waals surface area contributed by atoms with Crippen LogP contribution in [0.1, 0.15) is 53.4 Å². The van der Waals surface area contributed by atoms with E-state index in [0.717, 1.165) is 32.0 Å². The van der Waals surface area contributed by atoms with Crippen LogP contribution in [0, 0.1) is 23.2 Å². The number of likely N-dealkylation sites (tertiary alicyclic amines) is 1. The molecule has 124 valence electrons. The lowest BCUT2D eigenvalue weighted by Gasteiger charge is -2.43. The zero-order valence-electron chi connectivity index (χ0n) is 14.6. The summed E-state index contributed by atoms with van der Waals surface area (Å²) < 4.78 is 5.62. The summed E-state index contributed by atoms with van der Waals surface area (Å²) in [6.07, 6.45) is 4.80. The highest BCUT2D eigenvalue weighted by Crippen LogP contribution is 2.40. The van der Waals surface area contributed by atoms with E-state index in [-0.39, 0.29) is 6.10 Å². The van der Waals surface area contributed by atoms with Crippen LogP contribution in [-0.2, 0) is 4.74 Å². The second kappa shape index (κ2) is 6.97. The van der Waals surface area contributed by atoms with Gasteiger partial charge in [-0.3, -0.25) is 0 Å². The van der Waals surface area contributed by atoms with Gasteiger partial charge in [0.15, 0.2) is 0 Å². The third-order valence-electron chi connectivity index (χ3n) is 5.94. The number of aliphatic hydroxyl groups is 1. The number of hydrogen-bond donors (Lipinski definition) is 1. The van der Waals surface area contributed by atoms with Gasteiger partial charge in [-0.15, -0.1) is 0 Å². The van der Waals surface area contributed by atoms with Gasteiger partial charge in [0.1, 0.15) is 0 Å². The monoisotopic (exact) mass is 297 g/mol. The third kappa shape index (κ3) is 4.43. The van der Waals surface area contributed by atoms with Crippen LogP contribution >= 0.6 is 0 Å². The van der Waals surface area contributed by atoms with Crippen molar-refractivity contribution in [3.8, 4) is 0 Å². The molecule has 0 spiro atoms. The first-order valence-corrected chi connectivity index (χ1v) is 8.74. The Morgan fingerprint density at radius 3 is 2.52 bits per heavy atom. The fourth-order valence-corrected chi connectivity index (χ4v) is 4.13. The number of piperidine rings is 1. The molecule has 1 saturated carbocycles. The molecular weight excluding hydrogens is 262 g/mol. The number of nitrogens with zero attached hydrogens (tertiary/aromatic N) is 1. The molecule has 1 heterocycles. The van der Waals surface area contributed by atoms with E-state index in [9.17, 15) is 5.11 Å². The summed E-state index contributed by atoms with van der Waals surface area (Å²) in [7, 11) is 1.83. The third-order valence-corrected chi connectivity index (χ3v) is 5.94. The summed E-state index contributed by atoms with van der Waals surface area (Å²) in [4.78, 5) is 2.52. The van der Waals surface area contributed by atoms with E-state index in [1.165, 1.54) is 19.3 Å². The maximum Gasteiger partial charge on any atom is 0.0724 e. The molecule has 2 fully saturated rings. The Hall–Kier alpha value is -0.120. The van der Waals surface area contributed by atoms with Crippen LogP contribution in [0.2, 0.25) is 0 Å². The van der Waals surface area contributed by atoms with Gasteiger partial charge in [-0.25, -0.2) is 0 Å². The lowest BCUT2D eigenvalue weighted by molar-refractivity contribution is -0.0352. The van der Waals surface area contributed by atoms with Gasteiger partial charge in [0.2, 0.25) is 0 Å². The van der Waals surface area contributed by atoms with E-state index >= 15 is 0 Å². The summed E-state index contributed by atoms with van der Waals surface area (Å²) in [6.45, 7) is 12.5. The highest BCUT2D eigenvalue weighted by molar-refractivity contribution is 4.88. The van der Waals surface area contributed by atoms with Crippen LogP contribution in [0.25, 0.3) is 0 Å². The van der Waals surface area contributed by atoms with Gasteiger partial charge in [-0.1, -0.05) is 27.7 Å². The average molecular weight is 297 g/mol. The highest BCUT2D eigenvalue weighted by Gasteiger charge is 2.37. The lowest BCUT2D eigenvalue weighted by Crippen LogP contribution is -2.48. The first-order chi connectivity index (χ1) is 9.81. The molecule has 2 aliphatic rings. The molecule has 2 rings (SSSR count). The standard InChI is InChI=1S/C18H35NO2/c1-13-8-9-19(12-17(13)21-5)11-14-10-15(18(2,3)4)6-7-16(14)20/h13-17,20H,6-12H2,1-5H3. The molecule has 5 unspecified atom stereocenters. The van der Waals surface area contributed by atoms with Crippen LogP contribution in [0.4, 0.5) is 0 Å². The molecule has 21 heavy (non-hydrogen) atoms. The molecular formula is C18H35NO2. The fraction of sp³-hybridized carbons (Fsp3) is 1.00. The molecule has 0 amide bonds. The van der Waals surface area contributed by atoms with E-state index in [1.54, 1.807) is 0 Å². The first kappa shape index (κ1) is 17.2. The molecule has 1 N–H and O–H groups in total. The van der Waals surface area contributed by atoms with Gasteiger partial charge < -0.3 is 14.7 Å². The predicted molar refractivity (Wildman–Crippen MR) is 87.3 cm³/mol. The molecule has 3 heteroatoms. The number of rotatable bonds is 3. The SMILES string of the molecule is COC1CN(CC2CC(C(C)(C)C)CCC2O)CCC1C. The topological polar surface area (TPSA) is 32.7 Å². The Bertz CT molecular complexity index is 326. The minimum absolute atomic E-state index is 0.107. The van der Waals surface area contributed by atoms with Gasteiger partial charge in [-0.05, 0) is 55.4 Å². The van der Waals surface area contributed by atoms with Crippen molar-refractivity contribution in [2.45, 2.75) is 65.6 Å². The molecule has 1 saturated heterocycles. The van der Waals surface area contributed by atoms with Crippen LogP contribution in [-0.4, -0.2) is 49.0 Å². The van der Waals surface area contributed by atoms with Crippen molar-refractivity contribution in [1.82, 2.24) is 4.90 Å². The van der Waals surface area contributed by atoms with Crippen molar-refractivity contribution >= 4 is 0 Å². The zero-order valence-corrected chi connectivity index (χ0v) is 14.6. The van der Waals surface area contributed by atoms with Crippen LogP contribution in [0.3, 0.4) is 0 Å². The summed E-state index contributed by atoms with van der Waals surface area (Å²) in [6, 6.07) is 0. The van der Waals surface area contributed by atoms with Crippen molar-refractivity contribution < 1.29 is 9.84 Å². The van der Waals surface area contributed by atoms with Crippen molar-refractivity contribution in [2.24, 2.45) is 23.2 Å². The van der Waals surface area contributed by atoms with Crippen LogP contribution in [0.15, 0.2) is 0 Å². The van der Waals surface area contributed by atoms with E-state index in [2.05, 4.69) is 32.6 Å². The second-order valence-electron chi connectivity index (χ2n) is 8.50. The molecule has 3 nitrogen and oxygen atoms in total. The Labute approximate surface area is 131 Å². The molecule has 5 atom stereocenters. The van der Waals surface area contributed by atoms with Crippen molar-refractivity contribution in [3.05, 3.63) is 0 Å². The number of ether oxygens (including phenoxy) is 1. The minimum Gasteiger partial charge on any atom is -0.393 e. The lowest BCUT2D eigenvalue weighted by atomic mass is 9.68. The number of methoxy groups -OCH3 is 1. The zero-order chi connectivity index (χ0) is 15.6. The van der Waals surface area contributed by atoms with E-state index in [0.29, 0.717) is 23.4 Å². The highest BCUT2D eigenvalue weighted by atomic mass is 16.5. The van der Waals surface area contributed by atoms with Crippen LogP contribution < -0.4 is 0 Å². The summed E-state index contributed by atoms with van der Waals surface area (Å²) in [5.74, 6) is 1.84. The predicted octanol–water partition coefficient (Wildman–Crippen LogP) is 3.17. The number of hydrogen-bond acceptors (Lipinski definition) is 3. The summed E-state index contributed by atoms with van der Waals surface area (Å²) in [5.41, 5.74) is 0.365. The minimum atomic E-state index is -0.107. The van der Waals surface area contributed by atoms with Gasteiger partial charge in [0.25, 0.3) is 0 Å². The Balaban J connectivity index is 1.91. The van der Waals surface area contributed by atoms with Crippen LogP contribution in [0.5, 0.6) is 0 Å².